The van der Waals surface area contributed by atoms with Gasteiger partial charge in [-0.15, -0.1) is 0 Å². The molecule has 1 aliphatic rings. The number of amides is 1. The number of rotatable bonds is 5. The van der Waals surface area contributed by atoms with Crippen LogP contribution in [0.2, 0.25) is 0 Å². The van der Waals surface area contributed by atoms with Gasteiger partial charge in [-0.05, 0) is 38.5 Å². The molecule has 1 saturated carbocycles. The van der Waals surface area contributed by atoms with Crippen molar-refractivity contribution in [3.63, 3.8) is 0 Å². The molecule has 0 aromatic heterocycles. The Kier molecular flexibility index (Phi) is 6.13. The Morgan fingerprint density at radius 2 is 2.00 bits per heavy atom. The van der Waals surface area contributed by atoms with Gasteiger partial charge in [0.1, 0.15) is 0 Å². The average Bonchev–Trinajstić information content (AvgIpc) is 2.37. The Bertz CT molecular complexity index is 265. The molecule has 3 unspecified atom stereocenters. The fourth-order valence-electron chi connectivity index (χ4n) is 2.90. The van der Waals surface area contributed by atoms with Crippen molar-refractivity contribution in [1.82, 2.24) is 10.2 Å². The van der Waals surface area contributed by atoms with Crippen LogP contribution in [0.1, 0.15) is 53.4 Å². The zero-order valence-corrected chi connectivity index (χ0v) is 12.7. The second-order valence-corrected chi connectivity index (χ2v) is 6.11. The lowest BCUT2D eigenvalue weighted by Crippen LogP contribution is -2.48. The predicted octanol–water partition coefficient (Wildman–Crippen LogP) is 2.66. The maximum absolute atomic E-state index is 12.0. The molecule has 1 aliphatic carbocycles. The second-order valence-electron chi connectivity index (χ2n) is 6.11. The topological polar surface area (TPSA) is 32.3 Å². The Labute approximate surface area is 112 Å². The van der Waals surface area contributed by atoms with Crippen LogP contribution < -0.4 is 5.32 Å². The van der Waals surface area contributed by atoms with E-state index in [0.29, 0.717) is 6.04 Å². The number of hydrogen-bond acceptors (Lipinski definition) is 2. The minimum Gasteiger partial charge on any atom is -0.345 e. The van der Waals surface area contributed by atoms with Gasteiger partial charge in [-0.2, -0.15) is 0 Å². The molecule has 0 aliphatic heterocycles. The van der Waals surface area contributed by atoms with Gasteiger partial charge in [-0.25, -0.2) is 0 Å². The molecule has 106 valence electrons. The molecule has 3 atom stereocenters. The van der Waals surface area contributed by atoms with Crippen LogP contribution in [-0.4, -0.2) is 36.5 Å². The summed E-state index contributed by atoms with van der Waals surface area (Å²) in [7, 11) is 1.87. The van der Waals surface area contributed by atoms with Crippen molar-refractivity contribution in [1.29, 1.82) is 0 Å². The first-order valence-corrected chi connectivity index (χ1v) is 7.46. The number of nitrogens with zero attached hydrogens (tertiary/aromatic N) is 1. The largest absolute Gasteiger partial charge is 0.345 e. The van der Waals surface area contributed by atoms with Gasteiger partial charge in [-0.3, -0.25) is 4.79 Å². The van der Waals surface area contributed by atoms with E-state index >= 15 is 0 Å². The Balaban J connectivity index is 2.44. The van der Waals surface area contributed by atoms with E-state index < -0.39 is 0 Å². The highest BCUT2D eigenvalue weighted by Crippen LogP contribution is 2.30. The molecule has 0 aromatic carbocycles. The van der Waals surface area contributed by atoms with E-state index in [2.05, 4.69) is 19.2 Å². The summed E-state index contributed by atoms with van der Waals surface area (Å²) in [4.78, 5) is 13.8. The molecule has 18 heavy (non-hydrogen) atoms. The first kappa shape index (κ1) is 15.5. The molecule has 0 spiro atoms. The Morgan fingerprint density at radius 1 is 1.33 bits per heavy atom. The summed E-state index contributed by atoms with van der Waals surface area (Å²) in [5, 5.41) is 3.53. The maximum atomic E-state index is 12.0. The molecule has 1 amide bonds. The molecular formula is C15H30N2O. The Hall–Kier alpha value is -0.570. The van der Waals surface area contributed by atoms with Gasteiger partial charge in [0, 0.05) is 19.6 Å². The number of hydrogen-bond donors (Lipinski definition) is 1. The Morgan fingerprint density at radius 3 is 2.56 bits per heavy atom. The van der Waals surface area contributed by atoms with Crippen molar-refractivity contribution < 1.29 is 4.79 Å². The summed E-state index contributed by atoms with van der Waals surface area (Å²) >= 11 is 0. The quantitative estimate of drug-likeness (QED) is 0.818. The number of carbonyl (C=O) groups excluding carboxylic acids is 1. The minimum atomic E-state index is -0.0501. The van der Waals surface area contributed by atoms with Crippen molar-refractivity contribution in [2.75, 3.05) is 13.6 Å². The molecular weight excluding hydrogens is 224 g/mol. The van der Waals surface area contributed by atoms with Gasteiger partial charge < -0.3 is 10.2 Å². The van der Waals surface area contributed by atoms with E-state index in [0.717, 1.165) is 18.4 Å². The highest BCUT2D eigenvalue weighted by atomic mass is 16.2. The first-order chi connectivity index (χ1) is 8.45. The fourth-order valence-corrected chi connectivity index (χ4v) is 2.90. The monoisotopic (exact) mass is 254 g/mol. The zero-order valence-electron chi connectivity index (χ0n) is 12.7. The van der Waals surface area contributed by atoms with Crippen molar-refractivity contribution in [2.45, 2.75) is 65.5 Å². The third kappa shape index (κ3) is 4.27. The van der Waals surface area contributed by atoms with Crippen molar-refractivity contribution >= 4 is 5.91 Å². The summed E-state index contributed by atoms with van der Waals surface area (Å²) in [6.07, 6.45) is 5.10. The summed E-state index contributed by atoms with van der Waals surface area (Å²) in [5.41, 5.74) is 0. The molecule has 3 nitrogen and oxygen atoms in total. The van der Waals surface area contributed by atoms with Gasteiger partial charge in [0.2, 0.25) is 5.91 Å². The predicted molar refractivity (Wildman–Crippen MR) is 76.5 cm³/mol. The standard InChI is InChI=1S/C15H30N2O/c1-6-17(5)15(18)12(4)16-14-9-7-8-13(10-14)11(2)3/h11-14,16H,6-10H2,1-5H3. The van der Waals surface area contributed by atoms with Crippen LogP contribution >= 0.6 is 0 Å². The highest BCUT2D eigenvalue weighted by Gasteiger charge is 2.27. The maximum Gasteiger partial charge on any atom is 0.239 e. The van der Waals surface area contributed by atoms with E-state index in [1.807, 2.05) is 20.9 Å². The van der Waals surface area contributed by atoms with Crippen LogP contribution in [0.25, 0.3) is 0 Å². The second kappa shape index (κ2) is 7.13. The van der Waals surface area contributed by atoms with Crippen LogP contribution in [0, 0.1) is 11.8 Å². The number of nitrogens with one attached hydrogen (secondary N) is 1. The minimum absolute atomic E-state index is 0.0501. The van der Waals surface area contributed by atoms with E-state index in [4.69, 9.17) is 0 Å². The van der Waals surface area contributed by atoms with E-state index in [-0.39, 0.29) is 11.9 Å². The first-order valence-electron chi connectivity index (χ1n) is 7.46. The summed E-state index contributed by atoms with van der Waals surface area (Å²) in [6.45, 7) is 9.41. The third-order valence-electron chi connectivity index (χ3n) is 4.36. The normalized spacial score (nSPS) is 26.1. The molecule has 0 radical (unpaired) electrons. The highest BCUT2D eigenvalue weighted by molar-refractivity contribution is 5.81. The van der Waals surface area contributed by atoms with Crippen LogP contribution in [0.5, 0.6) is 0 Å². The summed E-state index contributed by atoms with van der Waals surface area (Å²) in [6, 6.07) is 0.473. The summed E-state index contributed by atoms with van der Waals surface area (Å²) < 4.78 is 0. The van der Waals surface area contributed by atoms with E-state index in [9.17, 15) is 4.79 Å². The van der Waals surface area contributed by atoms with Gasteiger partial charge >= 0.3 is 0 Å². The van der Waals surface area contributed by atoms with Crippen molar-refractivity contribution in [2.24, 2.45) is 11.8 Å². The van der Waals surface area contributed by atoms with Crippen molar-refractivity contribution in [3.8, 4) is 0 Å². The molecule has 0 bridgehead atoms. The smallest absolute Gasteiger partial charge is 0.239 e. The average molecular weight is 254 g/mol. The summed E-state index contributed by atoms with van der Waals surface area (Å²) in [5.74, 6) is 1.80. The van der Waals surface area contributed by atoms with E-state index in [1.165, 1.54) is 25.7 Å². The van der Waals surface area contributed by atoms with Crippen molar-refractivity contribution in [3.05, 3.63) is 0 Å². The molecule has 0 heterocycles. The number of carbonyl (C=O) groups is 1. The van der Waals surface area contributed by atoms with Crippen LogP contribution in [0.4, 0.5) is 0 Å². The molecule has 0 saturated heterocycles. The lowest BCUT2D eigenvalue weighted by molar-refractivity contribution is -0.131. The fraction of sp³-hybridized carbons (Fsp3) is 0.933. The molecule has 1 fully saturated rings. The third-order valence-corrected chi connectivity index (χ3v) is 4.36. The number of likely N-dealkylation sites (N-methyl/N-ethyl adjacent to an activating group) is 1. The van der Waals surface area contributed by atoms with Crippen LogP contribution in [0.3, 0.4) is 0 Å². The van der Waals surface area contributed by atoms with Gasteiger partial charge in [0.05, 0.1) is 6.04 Å². The SMILES string of the molecule is CCN(C)C(=O)C(C)NC1CCCC(C(C)C)C1. The van der Waals surface area contributed by atoms with Gasteiger partial charge in [0.25, 0.3) is 0 Å². The molecule has 1 rings (SSSR count). The lowest BCUT2D eigenvalue weighted by Gasteiger charge is -2.34. The molecule has 3 heteroatoms. The van der Waals surface area contributed by atoms with Crippen LogP contribution in [0.15, 0.2) is 0 Å². The zero-order chi connectivity index (χ0) is 13.7. The molecule has 0 aromatic rings. The van der Waals surface area contributed by atoms with E-state index in [1.54, 1.807) is 4.90 Å². The van der Waals surface area contributed by atoms with Gasteiger partial charge in [-0.1, -0.05) is 26.7 Å². The molecule has 1 N–H and O–H groups in total. The van der Waals surface area contributed by atoms with Crippen LogP contribution in [-0.2, 0) is 4.79 Å². The van der Waals surface area contributed by atoms with Gasteiger partial charge in [0.15, 0.2) is 0 Å². The lowest BCUT2D eigenvalue weighted by atomic mass is 9.79.